The highest BCUT2D eigenvalue weighted by atomic mass is 32.2. The molecule has 9 N–H and O–H groups in total. The summed E-state index contributed by atoms with van der Waals surface area (Å²) in [6.45, 7) is -0.952. The number of aliphatic hydroxyl groups excluding tert-OH is 2. The van der Waals surface area contributed by atoms with Gasteiger partial charge < -0.3 is 40.3 Å². The number of phenols is 2. The number of anilines is 2. The van der Waals surface area contributed by atoms with Crippen LogP contribution in [-0.2, 0) is 44.7 Å². The van der Waals surface area contributed by atoms with Crippen LogP contribution < -0.4 is 19.8 Å². The highest BCUT2D eigenvalue weighted by Gasteiger charge is 2.41. The molecular formula is C38H33N9O19S3. The van der Waals surface area contributed by atoms with Gasteiger partial charge >= 0.3 is 5.97 Å². The number of aliphatic carboxylic acids is 1. The summed E-state index contributed by atoms with van der Waals surface area (Å²) in [5.74, 6) is -6.06. The third kappa shape index (κ3) is 11.4. The molecule has 1 aliphatic heterocycles. The van der Waals surface area contributed by atoms with Crippen LogP contribution in [0.15, 0.2) is 123 Å². The Balaban J connectivity index is 1.42. The van der Waals surface area contributed by atoms with Crippen LogP contribution in [0.4, 0.5) is 39.8 Å². The predicted molar refractivity (Wildman–Crippen MR) is 235 cm³/mol. The number of nitrogens with zero attached hydrogens (tertiary/aromatic N) is 8. The molecule has 1 aliphatic rings. The SMILES string of the molecule is CC(=O)Nc1ccc(N=Nc2ccc3cc(S(=O)(=O)O)c(N=Nc4cc(OCCO)c(N=NC5C(=O)N(c6ccc(S(=O)(=O)O)cc6)N=C5C(=O)O)cc4OCCO)c(O)c3c2O)c(S(=O)(=O)O)c1. The number of rotatable bonds is 18. The number of fused-ring (bicyclic) bond motifs is 1. The van der Waals surface area contributed by atoms with Gasteiger partial charge in [-0.2, -0.15) is 45.6 Å². The second-order valence-electron chi connectivity index (χ2n) is 13.8. The number of ether oxygens (including phenoxy) is 2. The van der Waals surface area contributed by atoms with E-state index in [0.717, 1.165) is 73.7 Å². The van der Waals surface area contributed by atoms with Crippen LogP contribution >= 0.6 is 0 Å². The molecule has 0 spiro atoms. The largest absolute Gasteiger partial charge is 0.505 e. The van der Waals surface area contributed by atoms with E-state index in [1.54, 1.807) is 0 Å². The Labute approximate surface area is 387 Å². The van der Waals surface area contributed by atoms with Crippen LogP contribution in [-0.4, -0.2) is 120 Å². The standard InChI is InChI=1S/C38H33N9O19S3/c1-18(50)39-20-3-9-23(29(15-20)68(59,60)61)40-41-24-8-2-19-14-30(69(62,63)64)32(36(52)31(19)35(24)51)44-42-25-16-28(66-13-11-49)26(17-27(25)65-12-10-48)43-45-33-34(38(54)55)46-47(37(33)53)21-4-6-22(7-5-21)67(56,57)58/h2-9,14-17,33,48-49,51-52H,10-13H2,1H3,(H,39,50)(H,54,55)(H,56,57,58)(H,59,60,61)(H,62,63,64). The Kier molecular flexibility index (Phi) is 14.7. The van der Waals surface area contributed by atoms with Gasteiger partial charge in [0, 0.05) is 24.7 Å². The number of carboxylic acid groups (broad SMARTS) is 1. The van der Waals surface area contributed by atoms with Crippen LogP contribution in [0.3, 0.4) is 0 Å². The van der Waals surface area contributed by atoms with Crippen LogP contribution in [0.5, 0.6) is 23.0 Å². The van der Waals surface area contributed by atoms with Crippen molar-refractivity contribution in [2.24, 2.45) is 35.8 Å². The van der Waals surface area contributed by atoms with Crippen molar-refractivity contribution in [1.29, 1.82) is 0 Å². The van der Waals surface area contributed by atoms with Gasteiger partial charge in [0.1, 0.15) is 62.9 Å². The molecule has 1 heterocycles. The molecule has 5 aromatic rings. The number of nitrogens with one attached hydrogen (secondary N) is 1. The van der Waals surface area contributed by atoms with Crippen molar-refractivity contribution in [1.82, 2.24) is 0 Å². The second kappa shape index (κ2) is 20.1. The molecule has 0 aliphatic carbocycles. The number of carboxylic acids is 1. The molecule has 1 atom stereocenters. The van der Waals surface area contributed by atoms with Gasteiger partial charge in [0.2, 0.25) is 11.9 Å². The molecule has 6 rings (SSSR count). The smallest absolute Gasteiger partial charge is 0.355 e. The van der Waals surface area contributed by atoms with Gasteiger partial charge in [-0.3, -0.25) is 23.2 Å². The second-order valence-corrected chi connectivity index (χ2v) is 18.0. The number of aromatic hydroxyl groups is 2. The number of aliphatic hydroxyl groups is 2. The maximum Gasteiger partial charge on any atom is 0.355 e. The summed E-state index contributed by atoms with van der Waals surface area (Å²) in [7, 11) is -14.9. The summed E-state index contributed by atoms with van der Waals surface area (Å²) < 4.78 is 113. The molecule has 69 heavy (non-hydrogen) atoms. The monoisotopic (exact) mass is 1020 g/mol. The molecule has 0 radical (unpaired) electrons. The van der Waals surface area contributed by atoms with Crippen LogP contribution in [0.25, 0.3) is 10.8 Å². The van der Waals surface area contributed by atoms with Crippen molar-refractivity contribution in [2.45, 2.75) is 27.7 Å². The van der Waals surface area contributed by atoms with E-state index in [9.17, 15) is 78.8 Å². The zero-order chi connectivity index (χ0) is 50.6. The topological polar surface area (TPSA) is 436 Å². The van der Waals surface area contributed by atoms with Gasteiger partial charge in [-0.15, -0.1) is 20.5 Å². The van der Waals surface area contributed by atoms with Gasteiger partial charge in [0.25, 0.3) is 36.3 Å². The Bertz CT molecular complexity index is 3380. The van der Waals surface area contributed by atoms with E-state index in [-0.39, 0.29) is 33.9 Å². The number of carbonyl (C=O) groups excluding carboxylic acids is 2. The molecule has 0 aromatic heterocycles. The molecule has 0 saturated carbocycles. The van der Waals surface area contributed by atoms with Crippen LogP contribution in [0.2, 0.25) is 0 Å². The minimum Gasteiger partial charge on any atom is -0.505 e. The zero-order valence-corrected chi connectivity index (χ0v) is 37.2. The predicted octanol–water partition coefficient (Wildman–Crippen LogP) is 4.46. The molecule has 362 valence electrons. The number of amides is 2. The lowest BCUT2D eigenvalue weighted by atomic mass is 10.1. The van der Waals surface area contributed by atoms with Crippen molar-refractivity contribution in [3.8, 4) is 23.0 Å². The number of hydrazone groups is 1. The van der Waals surface area contributed by atoms with Crippen LogP contribution in [0.1, 0.15) is 6.92 Å². The number of hydrogen-bond acceptors (Lipinski definition) is 22. The first-order chi connectivity index (χ1) is 32.4. The van der Waals surface area contributed by atoms with Gasteiger partial charge in [-0.25, -0.2) is 4.79 Å². The number of azo groups is 3. The Morgan fingerprint density at radius 3 is 1.81 bits per heavy atom. The van der Waals surface area contributed by atoms with E-state index >= 15 is 0 Å². The fourth-order valence-electron chi connectivity index (χ4n) is 6.09. The lowest BCUT2D eigenvalue weighted by Gasteiger charge is -2.14. The Hall–Kier alpha value is -7.91. The molecule has 0 fully saturated rings. The molecule has 0 bridgehead atoms. The number of benzene rings is 5. The van der Waals surface area contributed by atoms with Crippen molar-refractivity contribution in [3.05, 3.63) is 72.8 Å². The third-order valence-electron chi connectivity index (χ3n) is 9.06. The van der Waals surface area contributed by atoms with Crippen molar-refractivity contribution < 1.29 is 88.3 Å². The van der Waals surface area contributed by atoms with Crippen molar-refractivity contribution >= 4 is 104 Å². The van der Waals surface area contributed by atoms with Crippen LogP contribution in [0, 0.1) is 0 Å². The zero-order valence-electron chi connectivity index (χ0n) is 34.7. The van der Waals surface area contributed by atoms with Gasteiger partial charge in [-0.1, -0.05) is 6.07 Å². The van der Waals surface area contributed by atoms with E-state index in [0.29, 0.717) is 5.01 Å². The molecule has 28 nitrogen and oxygen atoms in total. The Morgan fingerprint density at radius 1 is 0.696 bits per heavy atom. The van der Waals surface area contributed by atoms with E-state index in [4.69, 9.17) is 9.47 Å². The molecule has 0 saturated heterocycles. The molecule has 1 unspecified atom stereocenters. The molecular weight excluding hydrogens is 983 g/mol. The highest BCUT2D eigenvalue weighted by Crippen LogP contribution is 2.49. The Morgan fingerprint density at radius 2 is 1.26 bits per heavy atom. The number of phenolic OH excluding ortho intramolecular Hbond substituents is 2. The van der Waals surface area contributed by atoms with Crippen molar-refractivity contribution in [3.63, 3.8) is 0 Å². The maximum absolute atomic E-state index is 13.4. The average Bonchev–Trinajstić information content (AvgIpc) is 3.61. The maximum atomic E-state index is 13.4. The summed E-state index contributed by atoms with van der Waals surface area (Å²) in [5.41, 5.74) is -3.66. The van der Waals surface area contributed by atoms with E-state index in [1.807, 2.05) is 0 Å². The number of hydrogen-bond donors (Lipinski definition) is 9. The van der Waals surface area contributed by atoms with E-state index in [1.165, 1.54) is 6.07 Å². The van der Waals surface area contributed by atoms with Gasteiger partial charge in [-0.05, 0) is 60.0 Å². The minimum absolute atomic E-state index is 0.0308. The van der Waals surface area contributed by atoms with E-state index in [2.05, 4.69) is 41.1 Å². The third-order valence-corrected chi connectivity index (χ3v) is 11.7. The first-order valence-corrected chi connectivity index (χ1v) is 23.3. The summed E-state index contributed by atoms with van der Waals surface area (Å²) >= 11 is 0. The fourth-order valence-corrected chi connectivity index (χ4v) is 7.88. The fraction of sp³-hybridized carbons (Fsp3) is 0.158. The number of carbonyl (C=O) groups is 3. The normalized spacial score (nSPS) is 14.6. The average molecular weight is 1020 g/mol. The lowest BCUT2D eigenvalue weighted by Crippen LogP contribution is -2.33. The summed E-state index contributed by atoms with van der Waals surface area (Å²) in [4.78, 5) is 34.7. The molecule has 5 aromatic carbocycles. The lowest BCUT2D eigenvalue weighted by molar-refractivity contribution is -0.130. The quantitative estimate of drug-likeness (QED) is 0.0432. The summed E-state index contributed by atoms with van der Waals surface area (Å²) in [6, 6.07) is 10.2. The molecule has 2 amide bonds. The molecule has 31 heteroatoms. The minimum atomic E-state index is -5.27. The first kappa shape index (κ1) is 50.5. The van der Waals surface area contributed by atoms with Gasteiger partial charge in [0.05, 0.1) is 29.2 Å². The van der Waals surface area contributed by atoms with Crippen molar-refractivity contribution in [2.75, 3.05) is 36.8 Å². The first-order valence-electron chi connectivity index (χ1n) is 18.9. The summed E-state index contributed by atoms with van der Waals surface area (Å²) in [6.07, 6.45) is 0. The van der Waals surface area contributed by atoms with E-state index < -0.39 is 141 Å². The van der Waals surface area contributed by atoms with Gasteiger partial charge in [0.15, 0.2) is 17.2 Å². The summed E-state index contributed by atoms with van der Waals surface area (Å²) in [5, 5.41) is 80.7. The highest BCUT2D eigenvalue weighted by molar-refractivity contribution is 7.86.